The van der Waals surface area contributed by atoms with Gasteiger partial charge in [-0.25, -0.2) is 0 Å². The Balaban J connectivity index is 2.44. The third-order valence-corrected chi connectivity index (χ3v) is 2.40. The first kappa shape index (κ1) is 8.50. The Bertz CT molecular complexity index is 383. The van der Waals surface area contributed by atoms with Crippen LogP contribution in [0.3, 0.4) is 0 Å². The van der Waals surface area contributed by atoms with Gasteiger partial charge >= 0.3 is 0 Å². The summed E-state index contributed by atoms with van der Waals surface area (Å²) in [5.41, 5.74) is 1.37. The van der Waals surface area contributed by atoms with Gasteiger partial charge in [-0.1, -0.05) is 0 Å². The second kappa shape index (κ2) is 2.99. The molecule has 1 aliphatic rings. The van der Waals surface area contributed by atoms with Crippen molar-refractivity contribution in [3.63, 3.8) is 0 Å². The molecule has 68 valence electrons. The number of H-pyrrole nitrogens is 1. The van der Waals surface area contributed by atoms with Crippen molar-refractivity contribution in [2.75, 3.05) is 0 Å². The monoisotopic (exact) mass is 242 g/mol. The molecular formula is C8H7BrN2O2. The second-order valence-electron chi connectivity index (χ2n) is 2.89. The fourth-order valence-corrected chi connectivity index (χ4v) is 1.84. The number of hydrogen-bond donors (Lipinski definition) is 2. The Morgan fingerprint density at radius 2 is 2.08 bits per heavy atom. The molecule has 0 saturated carbocycles. The number of fused-ring (bicyclic) bond motifs is 1. The van der Waals surface area contributed by atoms with E-state index in [1.807, 2.05) is 6.07 Å². The van der Waals surface area contributed by atoms with E-state index in [4.69, 9.17) is 0 Å². The highest BCUT2D eigenvalue weighted by atomic mass is 79.9. The molecule has 0 saturated heterocycles. The molecule has 2 amide bonds. The number of carbonyl (C=O) groups is 2. The highest BCUT2D eigenvalue weighted by Gasteiger charge is 2.21. The molecule has 0 aliphatic carbocycles. The molecule has 2 rings (SSSR count). The van der Waals surface area contributed by atoms with Crippen LogP contribution in [0.1, 0.15) is 22.5 Å². The van der Waals surface area contributed by atoms with Crippen LogP contribution >= 0.6 is 15.9 Å². The molecule has 0 atom stereocenters. The van der Waals surface area contributed by atoms with E-state index in [0.29, 0.717) is 18.5 Å². The van der Waals surface area contributed by atoms with Gasteiger partial charge in [0.1, 0.15) is 5.69 Å². The number of nitrogens with one attached hydrogen (secondary N) is 2. The molecule has 0 bridgehead atoms. The molecule has 0 fully saturated rings. The molecule has 0 spiro atoms. The molecule has 1 aliphatic heterocycles. The number of rotatable bonds is 0. The van der Waals surface area contributed by atoms with Crippen LogP contribution in [0, 0.1) is 0 Å². The van der Waals surface area contributed by atoms with E-state index in [1.54, 1.807) is 0 Å². The minimum atomic E-state index is -0.344. The van der Waals surface area contributed by atoms with Gasteiger partial charge in [0.2, 0.25) is 5.91 Å². The summed E-state index contributed by atoms with van der Waals surface area (Å²) < 4.78 is 0.766. The zero-order valence-corrected chi connectivity index (χ0v) is 8.27. The summed E-state index contributed by atoms with van der Waals surface area (Å²) in [4.78, 5) is 25.2. The molecule has 0 radical (unpaired) electrons. The predicted molar refractivity (Wildman–Crippen MR) is 49.3 cm³/mol. The number of aromatic amines is 1. The topological polar surface area (TPSA) is 62.0 Å². The summed E-state index contributed by atoms with van der Waals surface area (Å²) in [6, 6.07) is 1.83. The fraction of sp³-hybridized carbons (Fsp3) is 0.250. The Labute approximate surface area is 82.8 Å². The van der Waals surface area contributed by atoms with Crippen molar-refractivity contribution >= 4 is 27.7 Å². The van der Waals surface area contributed by atoms with Gasteiger partial charge in [0, 0.05) is 6.42 Å². The van der Waals surface area contributed by atoms with E-state index in [-0.39, 0.29) is 11.8 Å². The van der Waals surface area contributed by atoms with Crippen LogP contribution in [-0.4, -0.2) is 16.8 Å². The molecule has 13 heavy (non-hydrogen) atoms. The fourth-order valence-electron chi connectivity index (χ4n) is 1.36. The minimum Gasteiger partial charge on any atom is -0.345 e. The van der Waals surface area contributed by atoms with Crippen LogP contribution in [0.2, 0.25) is 0 Å². The van der Waals surface area contributed by atoms with Crippen LogP contribution in [0.15, 0.2) is 10.7 Å². The molecule has 2 heterocycles. The first-order chi connectivity index (χ1) is 6.16. The maximum atomic E-state index is 11.3. The van der Waals surface area contributed by atoms with Crippen LogP contribution in [0.25, 0.3) is 0 Å². The number of aryl methyl sites for hydroxylation is 1. The molecule has 4 nitrogen and oxygen atoms in total. The van der Waals surface area contributed by atoms with Gasteiger partial charge in [-0.05, 0) is 34.0 Å². The van der Waals surface area contributed by atoms with Gasteiger partial charge < -0.3 is 4.98 Å². The van der Waals surface area contributed by atoms with Gasteiger partial charge in [-0.15, -0.1) is 0 Å². The average molecular weight is 243 g/mol. The van der Waals surface area contributed by atoms with Crippen molar-refractivity contribution in [1.82, 2.24) is 10.3 Å². The van der Waals surface area contributed by atoms with E-state index in [0.717, 1.165) is 10.2 Å². The van der Waals surface area contributed by atoms with Crippen molar-refractivity contribution in [3.8, 4) is 0 Å². The van der Waals surface area contributed by atoms with Crippen molar-refractivity contribution in [1.29, 1.82) is 0 Å². The molecule has 0 aromatic carbocycles. The Hall–Kier alpha value is -1.10. The number of aromatic nitrogens is 1. The van der Waals surface area contributed by atoms with Crippen LogP contribution in [0.4, 0.5) is 0 Å². The summed E-state index contributed by atoms with van der Waals surface area (Å²) >= 11 is 3.24. The van der Waals surface area contributed by atoms with Gasteiger partial charge in [0.05, 0.1) is 4.60 Å². The normalized spacial score (nSPS) is 16.4. The van der Waals surface area contributed by atoms with E-state index >= 15 is 0 Å². The zero-order chi connectivity index (χ0) is 9.42. The first-order valence-corrected chi connectivity index (χ1v) is 4.67. The molecule has 1 aromatic rings. The molecule has 2 N–H and O–H groups in total. The molecule has 5 heteroatoms. The largest absolute Gasteiger partial charge is 0.345 e. The smallest absolute Gasteiger partial charge is 0.274 e. The van der Waals surface area contributed by atoms with Crippen LogP contribution in [0.5, 0.6) is 0 Å². The summed E-state index contributed by atoms with van der Waals surface area (Å²) in [5, 5.41) is 2.28. The number of amides is 2. The standard InChI is InChI=1S/C8H7BrN2O2/c9-5-3-4-1-2-6(12)11-8(13)7(4)10-5/h3,10H,1-2H2,(H,11,12,13). The number of halogens is 1. The van der Waals surface area contributed by atoms with Crippen molar-refractivity contribution in [3.05, 3.63) is 21.9 Å². The highest BCUT2D eigenvalue weighted by Crippen LogP contribution is 2.19. The third kappa shape index (κ3) is 1.51. The van der Waals surface area contributed by atoms with Crippen LogP contribution < -0.4 is 5.32 Å². The van der Waals surface area contributed by atoms with E-state index in [2.05, 4.69) is 26.2 Å². The maximum absolute atomic E-state index is 11.3. The Kier molecular flexibility index (Phi) is 1.95. The Morgan fingerprint density at radius 3 is 2.85 bits per heavy atom. The maximum Gasteiger partial charge on any atom is 0.274 e. The van der Waals surface area contributed by atoms with E-state index in [9.17, 15) is 9.59 Å². The lowest BCUT2D eigenvalue weighted by molar-refractivity contribution is -0.120. The van der Waals surface area contributed by atoms with E-state index in [1.165, 1.54) is 0 Å². The summed E-state index contributed by atoms with van der Waals surface area (Å²) in [5.74, 6) is -0.561. The minimum absolute atomic E-state index is 0.217. The SMILES string of the molecule is O=C1CCc2cc(Br)[nH]c2C(=O)N1. The molecule has 0 unspecified atom stereocenters. The van der Waals surface area contributed by atoms with Crippen molar-refractivity contribution in [2.24, 2.45) is 0 Å². The lowest BCUT2D eigenvalue weighted by atomic mass is 10.1. The average Bonchev–Trinajstić information content (AvgIpc) is 2.38. The summed E-state index contributed by atoms with van der Waals surface area (Å²) in [6.07, 6.45) is 0.970. The zero-order valence-electron chi connectivity index (χ0n) is 6.69. The lowest BCUT2D eigenvalue weighted by Crippen LogP contribution is -2.28. The van der Waals surface area contributed by atoms with Gasteiger partial charge in [-0.3, -0.25) is 14.9 Å². The van der Waals surface area contributed by atoms with Gasteiger partial charge in [-0.2, -0.15) is 0 Å². The highest BCUT2D eigenvalue weighted by molar-refractivity contribution is 9.10. The number of imide groups is 1. The second-order valence-corrected chi connectivity index (χ2v) is 3.75. The Morgan fingerprint density at radius 1 is 1.31 bits per heavy atom. The van der Waals surface area contributed by atoms with Gasteiger partial charge in [0.25, 0.3) is 5.91 Å². The summed E-state index contributed by atoms with van der Waals surface area (Å²) in [6.45, 7) is 0. The molecular weight excluding hydrogens is 236 g/mol. The van der Waals surface area contributed by atoms with E-state index < -0.39 is 0 Å². The lowest BCUT2D eigenvalue weighted by Gasteiger charge is -1.95. The quantitative estimate of drug-likeness (QED) is 0.667. The summed E-state index contributed by atoms with van der Waals surface area (Å²) in [7, 11) is 0. The molecule has 1 aromatic heterocycles. The van der Waals surface area contributed by atoms with Crippen molar-refractivity contribution in [2.45, 2.75) is 12.8 Å². The number of hydrogen-bond acceptors (Lipinski definition) is 2. The van der Waals surface area contributed by atoms with Crippen LogP contribution in [-0.2, 0) is 11.2 Å². The van der Waals surface area contributed by atoms with Crippen molar-refractivity contribution < 1.29 is 9.59 Å². The predicted octanol–water partition coefficient (Wildman–Crippen LogP) is 0.980. The third-order valence-electron chi connectivity index (χ3n) is 1.97. The van der Waals surface area contributed by atoms with Gasteiger partial charge in [0.15, 0.2) is 0 Å². The number of carbonyl (C=O) groups excluding carboxylic acids is 2. The first-order valence-electron chi connectivity index (χ1n) is 3.88.